The van der Waals surface area contributed by atoms with Crippen LogP contribution in [0.3, 0.4) is 0 Å². The first-order chi connectivity index (χ1) is 13.9. The lowest BCUT2D eigenvalue weighted by atomic mass is 10.0. The molecule has 1 saturated carbocycles. The molecular formula is C21H30FN3O3S. The van der Waals surface area contributed by atoms with Crippen molar-refractivity contribution < 1.29 is 17.6 Å². The summed E-state index contributed by atoms with van der Waals surface area (Å²) >= 11 is 0. The Morgan fingerprint density at radius 2 is 1.93 bits per heavy atom. The van der Waals surface area contributed by atoms with Gasteiger partial charge in [-0.25, -0.2) is 12.8 Å². The smallest absolute Gasteiger partial charge is 0.232 e. The molecule has 1 N–H and O–H groups in total. The van der Waals surface area contributed by atoms with Crippen LogP contribution in [0.25, 0.3) is 0 Å². The van der Waals surface area contributed by atoms with Crippen LogP contribution in [0, 0.1) is 11.7 Å². The van der Waals surface area contributed by atoms with Crippen molar-refractivity contribution in [2.75, 3.05) is 30.1 Å². The van der Waals surface area contributed by atoms with Crippen molar-refractivity contribution in [3.05, 3.63) is 29.6 Å². The van der Waals surface area contributed by atoms with Gasteiger partial charge in [-0.2, -0.15) is 0 Å². The second-order valence-electron chi connectivity index (χ2n) is 8.74. The number of amides is 1. The van der Waals surface area contributed by atoms with Crippen LogP contribution in [0.4, 0.5) is 10.1 Å². The number of piperazine rings is 1. The van der Waals surface area contributed by atoms with Crippen molar-refractivity contribution in [2.24, 2.45) is 5.92 Å². The Balaban J connectivity index is 1.53. The summed E-state index contributed by atoms with van der Waals surface area (Å²) in [6, 6.07) is 4.56. The zero-order valence-electron chi connectivity index (χ0n) is 16.8. The van der Waals surface area contributed by atoms with Gasteiger partial charge in [-0.1, -0.05) is 12.8 Å². The molecule has 4 bridgehead atoms. The summed E-state index contributed by atoms with van der Waals surface area (Å²) in [5.74, 6) is 0.419. The van der Waals surface area contributed by atoms with Crippen LogP contribution in [0.1, 0.15) is 50.5 Å². The van der Waals surface area contributed by atoms with Crippen LogP contribution in [-0.4, -0.2) is 55.6 Å². The van der Waals surface area contributed by atoms with Gasteiger partial charge >= 0.3 is 0 Å². The summed E-state index contributed by atoms with van der Waals surface area (Å²) in [7, 11) is -3.49. The molecule has 2 aliphatic heterocycles. The highest BCUT2D eigenvalue weighted by atomic mass is 32.2. The van der Waals surface area contributed by atoms with E-state index in [9.17, 15) is 17.6 Å². The topological polar surface area (TPSA) is 69.7 Å². The van der Waals surface area contributed by atoms with E-state index >= 15 is 0 Å². The number of hydrogen-bond acceptors (Lipinski definition) is 4. The molecular weight excluding hydrogens is 393 g/mol. The number of anilines is 1. The van der Waals surface area contributed by atoms with Crippen LogP contribution < -0.4 is 4.72 Å². The third kappa shape index (κ3) is 5.69. The highest BCUT2D eigenvalue weighted by molar-refractivity contribution is 7.92. The second-order valence-corrected chi connectivity index (χ2v) is 10.6. The molecule has 4 rings (SSSR count). The molecule has 2 atom stereocenters. The Morgan fingerprint density at radius 3 is 2.72 bits per heavy atom. The van der Waals surface area contributed by atoms with E-state index in [0.29, 0.717) is 31.8 Å². The summed E-state index contributed by atoms with van der Waals surface area (Å²) in [6.45, 7) is 2.80. The highest BCUT2D eigenvalue weighted by Crippen LogP contribution is 2.33. The molecule has 6 nitrogen and oxygen atoms in total. The molecule has 29 heavy (non-hydrogen) atoms. The minimum Gasteiger partial charge on any atom is -0.337 e. The molecule has 1 aromatic rings. The first kappa shape index (κ1) is 20.6. The van der Waals surface area contributed by atoms with Crippen LogP contribution >= 0.6 is 0 Å². The monoisotopic (exact) mass is 423 g/mol. The van der Waals surface area contributed by atoms with E-state index < -0.39 is 15.8 Å². The fraction of sp³-hybridized carbons (Fsp3) is 0.667. The minimum atomic E-state index is -3.49. The predicted octanol–water partition coefficient (Wildman–Crippen LogP) is 2.95. The quantitative estimate of drug-likeness (QED) is 0.794. The zero-order valence-corrected chi connectivity index (χ0v) is 17.6. The Labute approximate surface area is 172 Å². The molecule has 3 aliphatic rings. The average molecular weight is 424 g/mol. The molecule has 1 amide bonds. The van der Waals surface area contributed by atoms with Gasteiger partial charge in [0, 0.05) is 38.6 Å². The fourth-order valence-corrected chi connectivity index (χ4v) is 5.63. The molecule has 1 aliphatic carbocycles. The number of nitrogens with zero attached hydrogens (tertiary/aromatic N) is 2. The van der Waals surface area contributed by atoms with Gasteiger partial charge in [0.2, 0.25) is 15.9 Å². The van der Waals surface area contributed by atoms with Crippen LogP contribution in [-0.2, 0) is 21.4 Å². The van der Waals surface area contributed by atoms with E-state index in [4.69, 9.17) is 0 Å². The van der Waals surface area contributed by atoms with Crippen molar-refractivity contribution in [1.82, 2.24) is 9.80 Å². The van der Waals surface area contributed by atoms with Gasteiger partial charge < -0.3 is 4.90 Å². The van der Waals surface area contributed by atoms with Crippen molar-refractivity contribution in [3.8, 4) is 0 Å². The van der Waals surface area contributed by atoms with Crippen molar-refractivity contribution >= 4 is 21.6 Å². The Morgan fingerprint density at radius 1 is 1.10 bits per heavy atom. The van der Waals surface area contributed by atoms with E-state index in [1.165, 1.54) is 25.0 Å². The lowest BCUT2D eigenvalue weighted by molar-refractivity contribution is -0.136. The van der Waals surface area contributed by atoms with Gasteiger partial charge in [0.05, 0.1) is 11.4 Å². The van der Waals surface area contributed by atoms with E-state index in [-0.39, 0.29) is 23.4 Å². The van der Waals surface area contributed by atoms with Gasteiger partial charge in [-0.3, -0.25) is 14.4 Å². The number of halogens is 1. The average Bonchev–Trinajstić information content (AvgIpc) is 3.43. The SMILES string of the molecule is O=C(CC1CC1)N1CCN2Cc3cc(F)cc(c3)NS(=O)(=O)CCCCCC1C2. The third-order valence-corrected chi connectivity index (χ3v) is 7.51. The van der Waals surface area contributed by atoms with Gasteiger partial charge in [0.15, 0.2) is 0 Å². The summed E-state index contributed by atoms with van der Waals surface area (Å²) in [4.78, 5) is 17.1. The molecule has 2 heterocycles. The molecule has 0 aromatic heterocycles. The predicted molar refractivity (Wildman–Crippen MR) is 110 cm³/mol. The molecule has 2 fully saturated rings. The summed E-state index contributed by atoms with van der Waals surface area (Å²) in [5.41, 5.74) is 1.03. The largest absolute Gasteiger partial charge is 0.337 e. The van der Waals surface area contributed by atoms with E-state index in [1.54, 1.807) is 6.07 Å². The minimum absolute atomic E-state index is 0.0277. The molecule has 1 aromatic carbocycles. The van der Waals surface area contributed by atoms with Crippen molar-refractivity contribution in [3.63, 3.8) is 0 Å². The molecule has 160 valence electrons. The number of nitrogens with one attached hydrogen (secondary N) is 1. The summed E-state index contributed by atoms with van der Waals surface area (Å²) in [5, 5.41) is 0. The zero-order chi connectivity index (χ0) is 20.4. The van der Waals surface area contributed by atoms with Crippen LogP contribution in [0.15, 0.2) is 18.2 Å². The maximum Gasteiger partial charge on any atom is 0.232 e. The number of sulfonamides is 1. The van der Waals surface area contributed by atoms with Gasteiger partial charge in [0.1, 0.15) is 5.82 Å². The number of fused-ring (bicyclic) bond motifs is 4. The lowest BCUT2D eigenvalue weighted by Crippen LogP contribution is -2.54. The molecule has 8 heteroatoms. The maximum absolute atomic E-state index is 14.1. The number of carbonyl (C=O) groups excluding carboxylic acids is 1. The van der Waals surface area contributed by atoms with Crippen molar-refractivity contribution in [1.29, 1.82) is 0 Å². The van der Waals surface area contributed by atoms with Crippen LogP contribution in [0.2, 0.25) is 0 Å². The highest BCUT2D eigenvalue weighted by Gasteiger charge is 2.33. The Hall–Kier alpha value is -1.67. The first-order valence-corrected chi connectivity index (χ1v) is 12.3. The third-order valence-electron chi connectivity index (χ3n) is 6.13. The number of rotatable bonds is 2. The summed E-state index contributed by atoms with van der Waals surface area (Å²) in [6.07, 6.45) is 6.14. The second kappa shape index (κ2) is 8.60. The summed E-state index contributed by atoms with van der Waals surface area (Å²) < 4.78 is 41.2. The fourth-order valence-electron chi connectivity index (χ4n) is 4.46. The van der Waals surface area contributed by atoms with Crippen molar-refractivity contribution in [2.45, 2.75) is 57.5 Å². The number of hydrogen-bond donors (Lipinski definition) is 1. The van der Waals surface area contributed by atoms with Gasteiger partial charge in [-0.15, -0.1) is 0 Å². The van der Waals surface area contributed by atoms with Gasteiger partial charge in [0.25, 0.3) is 0 Å². The van der Waals surface area contributed by atoms with E-state index in [2.05, 4.69) is 14.5 Å². The van der Waals surface area contributed by atoms with Crippen LogP contribution in [0.5, 0.6) is 0 Å². The lowest BCUT2D eigenvalue weighted by Gasteiger charge is -2.42. The maximum atomic E-state index is 14.1. The van der Waals surface area contributed by atoms with E-state index in [1.807, 2.05) is 0 Å². The first-order valence-electron chi connectivity index (χ1n) is 10.7. The molecule has 1 saturated heterocycles. The van der Waals surface area contributed by atoms with Gasteiger partial charge in [-0.05, 0) is 55.4 Å². The standard InChI is InChI=1S/C21H30FN3O3S/c22-18-10-17-11-19(13-18)23-29(27,28)9-3-1-2-4-20-15-24(14-17)7-8-25(20)21(26)12-16-5-6-16/h10-11,13,16,20,23H,1-9,12,14-15H2. The Kier molecular flexibility index (Phi) is 6.11. The normalized spacial score (nSPS) is 27.6. The molecule has 2 unspecified atom stereocenters. The number of benzene rings is 1. The van der Waals surface area contributed by atoms with E-state index in [0.717, 1.165) is 37.9 Å². The number of carbonyl (C=O) groups is 1. The Bertz CT molecular complexity index is 857. The molecule has 0 radical (unpaired) electrons. The molecule has 0 spiro atoms.